The van der Waals surface area contributed by atoms with Gasteiger partial charge >= 0.3 is 5.97 Å². The monoisotopic (exact) mass is 322 g/mol. The Morgan fingerprint density at radius 1 is 1.35 bits per heavy atom. The summed E-state index contributed by atoms with van der Waals surface area (Å²) in [5.41, 5.74) is 6.48. The predicted molar refractivity (Wildman–Crippen MR) is 78.2 cm³/mol. The summed E-state index contributed by atoms with van der Waals surface area (Å²) in [6.45, 7) is 1.95. The van der Waals surface area contributed by atoms with Crippen molar-refractivity contribution in [1.29, 1.82) is 0 Å². The fourth-order valence-corrected chi connectivity index (χ4v) is 2.47. The molecule has 0 fully saturated rings. The van der Waals surface area contributed by atoms with E-state index in [1.165, 1.54) is 19.2 Å². The van der Waals surface area contributed by atoms with Crippen LogP contribution in [-0.4, -0.2) is 34.1 Å². The van der Waals surface area contributed by atoms with Crippen molar-refractivity contribution >= 4 is 28.4 Å². The van der Waals surface area contributed by atoms with Gasteiger partial charge in [0.1, 0.15) is 6.04 Å². The zero-order valence-corrected chi connectivity index (χ0v) is 13.0. The number of ether oxygens (including phenoxy) is 1. The summed E-state index contributed by atoms with van der Waals surface area (Å²) in [4.78, 5) is 11.2. The van der Waals surface area contributed by atoms with Crippen molar-refractivity contribution in [2.24, 2.45) is 5.73 Å². The molecule has 0 amide bonds. The molecule has 0 aromatic heterocycles. The number of hydrogen-bond donors (Lipinski definition) is 2. The van der Waals surface area contributed by atoms with Gasteiger partial charge in [0, 0.05) is 6.54 Å². The summed E-state index contributed by atoms with van der Waals surface area (Å²) in [5.74, 6) is -0.561. The molecule has 0 spiro atoms. The van der Waals surface area contributed by atoms with E-state index in [4.69, 9.17) is 5.73 Å². The number of benzene rings is 1. The summed E-state index contributed by atoms with van der Waals surface area (Å²) in [6, 6.07) is 5.66. The summed E-state index contributed by atoms with van der Waals surface area (Å²) >= 11 is 0. The maximum Gasteiger partial charge on any atom is 0.322 e. The number of esters is 1. The minimum Gasteiger partial charge on any atom is -0.468 e. The van der Waals surface area contributed by atoms with Crippen molar-refractivity contribution in [3.8, 4) is 0 Å². The predicted octanol–water partition coefficient (Wildman–Crippen LogP) is 0.586. The number of hydrogen-bond acceptors (Lipinski definition) is 5. The standard InChI is InChI=1S/C12H18N2O4S.ClH/c1-9-3-5-10(6-4-9)19(16,17)14-8-7-11(13)12(15)18-2;/h3-6,11,14H,7-8,13H2,1-2H3;1H/t11-;/m1./s1. The second-order valence-electron chi connectivity index (χ2n) is 4.13. The fraction of sp³-hybridized carbons (Fsp3) is 0.417. The number of rotatable bonds is 6. The smallest absolute Gasteiger partial charge is 0.322 e. The molecule has 0 bridgehead atoms. The van der Waals surface area contributed by atoms with Gasteiger partial charge in [0.15, 0.2) is 0 Å². The van der Waals surface area contributed by atoms with E-state index in [0.717, 1.165) is 5.56 Å². The Kier molecular flexibility index (Phi) is 7.74. The fourth-order valence-electron chi connectivity index (χ4n) is 1.42. The van der Waals surface area contributed by atoms with Gasteiger partial charge in [0.25, 0.3) is 0 Å². The number of nitrogens with one attached hydrogen (secondary N) is 1. The molecule has 114 valence electrons. The zero-order chi connectivity index (χ0) is 14.5. The molecule has 1 rings (SSSR count). The van der Waals surface area contributed by atoms with Gasteiger partial charge in [0.2, 0.25) is 10.0 Å². The van der Waals surface area contributed by atoms with Crippen LogP contribution in [0.25, 0.3) is 0 Å². The maximum atomic E-state index is 11.9. The minimum absolute atomic E-state index is 0. The van der Waals surface area contributed by atoms with Crippen LogP contribution in [-0.2, 0) is 19.6 Å². The van der Waals surface area contributed by atoms with Gasteiger partial charge in [-0.05, 0) is 25.5 Å². The highest BCUT2D eigenvalue weighted by Gasteiger charge is 2.17. The average Bonchev–Trinajstić information content (AvgIpc) is 2.37. The van der Waals surface area contributed by atoms with Gasteiger partial charge in [-0.15, -0.1) is 12.4 Å². The molecule has 0 aliphatic rings. The Balaban J connectivity index is 0.00000361. The van der Waals surface area contributed by atoms with Crippen molar-refractivity contribution < 1.29 is 17.9 Å². The molecule has 6 nitrogen and oxygen atoms in total. The Bertz CT molecular complexity index is 531. The molecule has 3 N–H and O–H groups in total. The Labute approximate surface area is 125 Å². The van der Waals surface area contributed by atoms with E-state index in [1.807, 2.05) is 6.92 Å². The molecule has 0 heterocycles. The lowest BCUT2D eigenvalue weighted by Crippen LogP contribution is -2.36. The molecule has 20 heavy (non-hydrogen) atoms. The van der Waals surface area contributed by atoms with Crippen LogP contribution >= 0.6 is 12.4 Å². The van der Waals surface area contributed by atoms with Gasteiger partial charge in [-0.1, -0.05) is 17.7 Å². The highest BCUT2D eigenvalue weighted by atomic mass is 35.5. The molecule has 0 aliphatic carbocycles. The topological polar surface area (TPSA) is 98.5 Å². The van der Waals surface area contributed by atoms with E-state index >= 15 is 0 Å². The maximum absolute atomic E-state index is 11.9. The van der Waals surface area contributed by atoms with E-state index in [0.29, 0.717) is 0 Å². The second kappa shape index (κ2) is 8.21. The molecule has 0 radical (unpaired) electrons. The zero-order valence-electron chi connectivity index (χ0n) is 11.3. The van der Waals surface area contributed by atoms with E-state index in [-0.39, 0.29) is 30.3 Å². The SMILES string of the molecule is COC(=O)[C@H](N)CCNS(=O)(=O)c1ccc(C)cc1.Cl. The van der Waals surface area contributed by atoms with Crippen LogP contribution in [0, 0.1) is 6.92 Å². The van der Waals surface area contributed by atoms with Gasteiger partial charge < -0.3 is 10.5 Å². The molecule has 1 atom stereocenters. The molecular weight excluding hydrogens is 304 g/mol. The van der Waals surface area contributed by atoms with E-state index in [2.05, 4.69) is 9.46 Å². The summed E-state index contributed by atoms with van der Waals surface area (Å²) in [7, 11) is -2.33. The molecule has 0 unspecified atom stereocenters. The largest absolute Gasteiger partial charge is 0.468 e. The molecular formula is C12H19ClN2O4S. The van der Waals surface area contributed by atoms with Crippen molar-refractivity contribution in [3.63, 3.8) is 0 Å². The van der Waals surface area contributed by atoms with Gasteiger partial charge in [-0.2, -0.15) is 0 Å². The first-order chi connectivity index (χ1) is 8.86. The Morgan fingerprint density at radius 2 is 1.90 bits per heavy atom. The normalized spacial score (nSPS) is 12.3. The van der Waals surface area contributed by atoms with Gasteiger partial charge in [-0.3, -0.25) is 4.79 Å². The quantitative estimate of drug-likeness (QED) is 0.747. The van der Waals surface area contributed by atoms with Crippen LogP contribution in [0.5, 0.6) is 0 Å². The first-order valence-corrected chi connectivity index (χ1v) is 7.25. The molecule has 0 saturated heterocycles. The van der Waals surface area contributed by atoms with Crippen molar-refractivity contribution in [3.05, 3.63) is 29.8 Å². The second-order valence-corrected chi connectivity index (χ2v) is 5.90. The number of methoxy groups -OCH3 is 1. The third kappa shape index (κ3) is 5.46. The van der Waals surface area contributed by atoms with E-state index < -0.39 is 22.0 Å². The molecule has 8 heteroatoms. The highest BCUT2D eigenvalue weighted by molar-refractivity contribution is 7.89. The lowest BCUT2D eigenvalue weighted by Gasteiger charge is -2.10. The summed E-state index contributed by atoms with van der Waals surface area (Å²) < 4.78 is 30.6. The molecule has 1 aromatic carbocycles. The molecule has 0 saturated carbocycles. The molecule has 0 aliphatic heterocycles. The summed E-state index contributed by atoms with van der Waals surface area (Å²) in [6.07, 6.45) is 0.178. The number of halogens is 1. The van der Waals surface area contributed by atoms with E-state index in [9.17, 15) is 13.2 Å². The van der Waals surface area contributed by atoms with Crippen molar-refractivity contribution in [2.75, 3.05) is 13.7 Å². The third-order valence-corrected chi connectivity index (χ3v) is 4.06. The van der Waals surface area contributed by atoms with Crippen molar-refractivity contribution in [1.82, 2.24) is 4.72 Å². The minimum atomic E-state index is -3.56. The lowest BCUT2D eigenvalue weighted by atomic mass is 10.2. The summed E-state index contributed by atoms with van der Waals surface area (Å²) in [5, 5.41) is 0. The van der Waals surface area contributed by atoms with Crippen molar-refractivity contribution in [2.45, 2.75) is 24.3 Å². The van der Waals surface area contributed by atoms with Crippen LogP contribution < -0.4 is 10.5 Å². The average molecular weight is 323 g/mol. The first kappa shape index (κ1) is 18.9. The van der Waals surface area contributed by atoms with Crippen LogP contribution in [0.15, 0.2) is 29.2 Å². The number of carbonyl (C=O) groups is 1. The Hall–Kier alpha value is -1.15. The van der Waals surface area contributed by atoms with Crippen LogP contribution in [0.4, 0.5) is 0 Å². The van der Waals surface area contributed by atoms with Gasteiger partial charge in [0.05, 0.1) is 12.0 Å². The number of aryl methyl sites for hydroxylation is 1. The lowest BCUT2D eigenvalue weighted by molar-refractivity contribution is -0.142. The van der Waals surface area contributed by atoms with Crippen LogP contribution in [0.3, 0.4) is 0 Å². The number of sulfonamides is 1. The number of carbonyl (C=O) groups excluding carboxylic acids is 1. The number of nitrogens with two attached hydrogens (primary N) is 1. The van der Waals surface area contributed by atoms with Crippen LogP contribution in [0.1, 0.15) is 12.0 Å². The van der Waals surface area contributed by atoms with Crippen LogP contribution in [0.2, 0.25) is 0 Å². The highest BCUT2D eigenvalue weighted by Crippen LogP contribution is 2.09. The third-order valence-electron chi connectivity index (χ3n) is 2.58. The first-order valence-electron chi connectivity index (χ1n) is 5.76. The van der Waals surface area contributed by atoms with E-state index in [1.54, 1.807) is 12.1 Å². The Morgan fingerprint density at radius 3 is 2.40 bits per heavy atom. The van der Waals surface area contributed by atoms with Gasteiger partial charge in [-0.25, -0.2) is 13.1 Å². The molecule has 1 aromatic rings.